The predicted octanol–water partition coefficient (Wildman–Crippen LogP) is 23.8. The molecular formula is C92H57N7. The monoisotopic (exact) mass is 1260 g/mol. The second kappa shape index (κ2) is 21.6. The molecule has 6 heterocycles. The molecule has 7 heteroatoms. The van der Waals surface area contributed by atoms with Gasteiger partial charge in [0.2, 0.25) is 0 Å². The van der Waals surface area contributed by atoms with Gasteiger partial charge in [0.15, 0.2) is 5.82 Å². The molecule has 99 heavy (non-hydrogen) atoms. The van der Waals surface area contributed by atoms with E-state index in [-0.39, 0.29) is 0 Å². The smallest absolute Gasteiger partial charge is 0.162 e. The van der Waals surface area contributed by atoms with Crippen LogP contribution >= 0.6 is 0 Å². The number of aromatic nitrogens is 7. The van der Waals surface area contributed by atoms with E-state index < -0.39 is 0 Å². The zero-order chi connectivity index (χ0) is 64.8. The van der Waals surface area contributed by atoms with E-state index in [0.29, 0.717) is 5.82 Å². The summed E-state index contributed by atoms with van der Waals surface area (Å²) in [6.45, 7) is 0. The minimum atomic E-state index is 0.644. The molecule has 0 N–H and O–H groups in total. The van der Waals surface area contributed by atoms with Crippen LogP contribution in [0, 0.1) is 0 Å². The number of benzene rings is 15. The van der Waals surface area contributed by atoms with Crippen LogP contribution in [-0.2, 0) is 0 Å². The predicted molar refractivity (Wildman–Crippen MR) is 413 cm³/mol. The lowest BCUT2D eigenvalue weighted by Gasteiger charge is -2.14. The molecule has 0 saturated carbocycles. The van der Waals surface area contributed by atoms with E-state index in [9.17, 15) is 0 Å². The summed E-state index contributed by atoms with van der Waals surface area (Å²) in [5.41, 5.74) is 24.6. The van der Waals surface area contributed by atoms with Crippen LogP contribution in [0.15, 0.2) is 346 Å². The Kier molecular flexibility index (Phi) is 12.0. The molecule has 21 aromatic rings. The van der Waals surface area contributed by atoms with Gasteiger partial charge >= 0.3 is 0 Å². The fourth-order valence-corrected chi connectivity index (χ4v) is 16.2. The molecule has 0 radical (unpaired) electrons. The number of fused-ring (bicyclic) bond motifs is 16. The number of hydrogen-bond acceptors (Lipinski definition) is 2. The van der Waals surface area contributed by atoms with Crippen molar-refractivity contribution < 1.29 is 0 Å². The lowest BCUT2D eigenvalue weighted by atomic mass is 9.99. The Labute approximate surface area is 568 Å². The van der Waals surface area contributed by atoms with E-state index in [0.717, 1.165) is 117 Å². The topological polar surface area (TPSA) is 50.4 Å². The van der Waals surface area contributed by atoms with Crippen molar-refractivity contribution in [3.8, 4) is 73.3 Å². The Balaban J connectivity index is 0.726. The van der Waals surface area contributed by atoms with Crippen molar-refractivity contribution in [2.24, 2.45) is 0 Å². The molecule has 0 aliphatic rings. The first-order valence-corrected chi connectivity index (χ1v) is 33.9. The molecule has 0 aliphatic heterocycles. The highest BCUT2D eigenvalue weighted by atomic mass is 15.1. The molecule has 0 aliphatic carbocycles. The summed E-state index contributed by atoms with van der Waals surface area (Å²) in [6.07, 6.45) is 0. The third-order valence-corrected chi connectivity index (χ3v) is 20.7. The third kappa shape index (κ3) is 8.44. The van der Waals surface area contributed by atoms with Crippen LogP contribution in [0.4, 0.5) is 0 Å². The largest absolute Gasteiger partial charge is 0.309 e. The number of para-hydroxylation sites is 8. The number of hydrogen-bond donors (Lipinski definition) is 0. The summed E-state index contributed by atoms with van der Waals surface area (Å²) in [5, 5.41) is 13.0. The second-order valence-electron chi connectivity index (χ2n) is 26.1. The molecule has 0 bridgehead atoms. The van der Waals surface area contributed by atoms with Crippen molar-refractivity contribution in [1.82, 2.24) is 32.8 Å². The molecule has 7 nitrogen and oxygen atoms in total. The van der Waals surface area contributed by atoms with Gasteiger partial charge in [-0.2, -0.15) is 0 Å². The fraction of sp³-hybridized carbons (Fsp3) is 0. The van der Waals surface area contributed by atoms with Gasteiger partial charge in [0, 0.05) is 87.6 Å². The quantitative estimate of drug-likeness (QED) is 0.145. The van der Waals surface area contributed by atoms with E-state index in [2.05, 4.69) is 369 Å². The zero-order valence-electron chi connectivity index (χ0n) is 53.5. The van der Waals surface area contributed by atoms with Gasteiger partial charge in [-0.15, -0.1) is 0 Å². The Hall–Kier alpha value is -13.4. The first kappa shape index (κ1) is 55.0. The standard InChI is InChI=1S/C92H57N7/c1-4-22-65(23-5-1)95-82-36-17-12-30-70(82)76-52-58(41-47-85(76)95)60-43-49-87-79(55-60)74-46-40-63(62-39-45-73-69-29-11-16-35-81(69)97(89(73)56-62)67-26-8-3-9-27-67)57-90(74)98(87)68-28-20-21-64(51-68)91-93-80-34-15-10-33-75(80)92(94-91)99-84-38-19-14-32-72(84)78-54-61(44-50-88(78)99)59-42-48-86-77(53-59)71-31-13-18-37-83(71)96(86)66-24-6-2-7-25-66/h1-57H. The molecule has 15 aromatic carbocycles. The summed E-state index contributed by atoms with van der Waals surface area (Å²) in [6, 6.07) is 126. The second-order valence-corrected chi connectivity index (χ2v) is 26.1. The van der Waals surface area contributed by atoms with Gasteiger partial charge in [0.25, 0.3) is 0 Å². The summed E-state index contributed by atoms with van der Waals surface area (Å²) < 4.78 is 12.0. The van der Waals surface area contributed by atoms with Gasteiger partial charge in [0.05, 0.1) is 60.7 Å². The van der Waals surface area contributed by atoms with Crippen LogP contribution in [0.25, 0.3) is 193 Å². The van der Waals surface area contributed by atoms with E-state index >= 15 is 0 Å². The van der Waals surface area contributed by atoms with Gasteiger partial charge in [-0.25, -0.2) is 9.97 Å². The van der Waals surface area contributed by atoms with Crippen LogP contribution in [0.3, 0.4) is 0 Å². The van der Waals surface area contributed by atoms with E-state index in [1.54, 1.807) is 0 Å². The fourth-order valence-electron chi connectivity index (χ4n) is 16.2. The van der Waals surface area contributed by atoms with Gasteiger partial charge in [-0.3, -0.25) is 4.57 Å². The molecule has 6 aromatic heterocycles. The summed E-state index contributed by atoms with van der Waals surface area (Å²) in [7, 11) is 0. The molecule has 0 spiro atoms. The maximum Gasteiger partial charge on any atom is 0.162 e. The van der Waals surface area contributed by atoms with Crippen LogP contribution in [0.5, 0.6) is 0 Å². The Morgan fingerprint density at radius 2 is 0.465 bits per heavy atom. The van der Waals surface area contributed by atoms with Crippen molar-refractivity contribution in [2.75, 3.05) is 0 Å². The highest BCUT2D eigenvalue weighted by Crippen LogP contribution is 2.44. The molecule has 0 amide bonds. The van der Waals surface area contributed by atoms with Crippen molar-refractivity contribution in [3.05, 3.63) is 346 Å². The average molecular weight is 1260 g/mol. The minimum Gasteiger partial charge on any atom is -0.309 e. The summed E-state index contributed by atoms with van der Waals surface area (Å²) >= 11 is 0. The summed E-state index contributed by atoms with van der Waals surface area (Å²) in [5.74, 6) is 1.47. The van der Waals surface area contributed by atoms with Crippen LogP contribution in [0.2, 0.25) is 0 Å². The minimum absolute atomic E-state index is 0.644. The van der Waals surface area contributed by atoms with Crippen LogP contribution in [0.1, 0.15) is 0 Å². The molecular weight excluding hydrogens is 1200 g/mol. The number of nitrogens with zero attached hydrogens (tertiary/aromatic N) is 7. The summed E-state index contributed by atoms with van der Waals surface area (Å²) in [4.78, 5) is 11.1. The lowest BCUT2D eigenvalue weighted by Crippen LogP contribution is -2.03. The highest BCUT2D eigenvalue weighted by molar-refractivity contribution is 6.16. The van der Waals surface area contributed by atoms with Crippen molar-refractivity contribution in [1.29, 1.82) is 0 Å². The van der Waals surface area contributed by atoms with E-state index in [1.165, 1.54) is 70.8 Å². The maximum absolute atomic E-state index is 5.70. The Morgan fingerprint density at radius 1 is 0.162 bits per heavy atom. The van der Waals surface area contributed by atoms with Gasteiger partial charge in [-0.05, 0) is 179 Å². The molecule has 0 fully saturated rings. The van der Waals surface area contributed by atoms with Crippen molar-refractivity contribution in [3.63, 3.8) is 0 Å². The first-order valence-electron chi connectivity index (χ1n) is 33.9. The first-order chi connectivity index (χ1) is 49.1. The van der Waals surface area contributed by atoms with E-state index in [4.69, 9.17) is 9.97 Å². The molecule has 0 atom stereocenters. The average Bonchev–Trinajstić information content (AvgIpc) is 1.61. The third-order valence-electron chi connectivity index (χ3n) is 20.7. The van der Waals surface area contributed by atoms with Crippen molar-refractivity contribution in [2.45, 2.75) is 0 Å². The zero-order valence-corrected chi connectivity index (χ0v) is 53.5. The van der Waals surface area contributed by atoms with Gasteiger partial charge in [-0.1, -0.05) is 200 Å². The molecule has 0 unspecified atom stereocenters. The van der Waals surface area contributed by atoms with Gasteiger partial charge < -0.3 is 18.3 Å². The normalized spacial score (nSPS) is 12.0. The maximum atomic E-state index is 5.70. The molecule has 21 rings (SSSR count). The SMILES string of the molecule is c1ccc(-n2c3ccccc3c3cc(-c4ccc5c(c4)c4ccc(-c6ccc7c8ccccc8n(-c8ccccc8)c7c6)cc4n5-c4cccc(-c5nc(-n6c7ccccc7c7cc(-c8ccc9c(c8)c8ccccc8n9-c8ccccc8)ccc76)c6ccccc6n5)c4)ccc32)cc1. The Morgan fingerprint density at radius 3 is 0.919 bits per heavy atom. The Bertz CT molecular complexity index is 6900. The van der Waals surface area contributed by atoms with Crippen LogP contribution < -0.4 is 0 Å². The number of rotatable bonds is 9. The lowest BCUT2D eigenvalue weighted by molar-refractivity contribution is 1.07. The van der Waals surface area contributed by atoms with Crippen molar-refractivity contribution >= 4 is 120 Å². The van der Waals surface area contributed by atoms with Gasteiger partial charge in [0.1, 0.15) is 5.82 Å². The molecule has 460 valence electrons. The van der Waals surface area contributed by atoms with E-state index in [1.807, 2.05) is 0 Å². The van der Waals surface area contributed by atoms with Crippen LogP contribution in [-0.4, -0.2) is 32.8 Å². The highest BCUT2D eigenvalue weighted by Gasteiger charge is 2.23. The molecule has 0 saturated heterocycles.